The average Bonchev–Trinajstić information content (AvgIpc) is 2.56. The molecule has 0 radical (unpaired) electrons. The van der Waals surface area contributed by atoms with Gasteiger partial charge in [0.25, 0.3) is 0 Å². The second-order valence-corrected chi connectivity index (χ2v) is 10.8. The Kier molecular flexibility index (Phi) is 4.19. The molecule has 0 bridgehead atoms. The van der Waals surface area contributed by atoms with E-state index in [0.717, 1.165) is 5.02 Å². The van der Waals surface area contributed by atoms with Crippen LogP contribution in [0.25, 0.3) is 11.1 Å². The van der Waals surface area contributed by atoms with Gasteiger partial charge in [0.15, 0.2) is 0 Å². The molecule has 0 atom stereocenters. The molecule has 0 spiro atoms. The first-order chi connectivity index (χ1) is 10.6. The first kappa shape index (κ1) is 15.1. The van der Waals surface area contributed by atoms with Gasteiger partial charge in [-0.2, -0.15) is 0 Å². The van der Waals surface area contributed by atoms with Crippen LogP contribution in [0.3, 0.4) is 0 Å². The Hall–Kier alpha value is -1.83. The normalized spacial score (nSPS) is 11.4. The zero-order chi connectivity index (χ0) is 15.6. The molecule has 22 heavy (non-hydrogen) atoms. The van der Waals surface area contributed by atoms with E-state index in [2.05, 4.69) is 79.8 Å². The molecule has 2 heteroatoms. The Balaban J connectivity index is 2.17. The molecule has 0 unspecified atom stereocenters. The minimum Gasteiger partial charge on any atom is -0.0843 e. The van der Waals surface area contributed by atoms with Crippen LogP contribution in [0.15, 0.2) is 78.9 Å². The van der Waals surface area contributed by atoms with Gasteiger partial charge in [-0.1, -0.05) is 96.6 Å². The molecule has 0 aliphatic rings. The van der Waals surface area contributed by atoms with Crippen molar-refractivity contribution in [1.82, 2.24) is 0 Å². The molecular weight excluding hydrogens is 304 g/mol. The maximum Gasteiger partial charge on any atom is 0.113 e. The van der Waals surface area contributed by atoms with Crippen molar-refractivity contribution in [3.8, 4) is 11.1 Å². The fourth-order valence-corrected chi connectivity index (χ4v) is 5.89. The van der Waals surface area contributed by atoms with Gasteiger partial charge in [0, 0.05) is 5.02 Å². The van der Waals surface area contributed by atoms with Crippen molar-refractivity contribution >= 4 is 30.0 Å². The van der Waals surface area contributed by atoms with Crippen molar-refractivity contribution in [2.75, 3.05) is 0 Å². The minimum absolute atomic E-state index is 0.784. The summed E-state index contributed by atoms with van der Waals surface area (Å²) in [5, 5.41) is 3.68. The smallest absolute Gasteiger partial charge is 0.0843 e. The van der Waals surface area contributed by atoms with Crippen LogP contribution < -0.4 is 10.4 Å². The van der Waals surface area contributed by atoms with E-state index in [1.807, 2.05) is 12.1 Å². The topological polar surface area (TPSA) is 0 Å². The van der Waals surface area contributed by atoms with Gasteiger partial charge in [0.05, 0.1) is 0 Å². The van der Waals surface area contributed by atoms with Crippen LogP contribution >= 0.6 is 11.6 Å². The van der Waals surface area contributed by atoms with Crippen molar-refractivity contribution in [2.24, 2.45) is 0 Å². The van der Waals surface area contributed by atoms with E-state index in [1.165, 1.54) is 21.5 Å². The Bertz CT molecular complexity index is 778. The molecule has 0 amide bonds. The third-order valence-corrected chi connectivity index (χ3v) is 8.03. The van der Waals surface area contributed by atoms with Gasteiger partial charge in [-0.05, 0) is 28.4 Å². The Morgan fingerprint density at radius 3 is 2.14 bits per heavy atom. The minimum atomic E-state index is -1.74. The molecule has 0 fully saturated rings. The number of hydrogen-bond donors (Lipinski definition) is 0. The summed E-state index contributed by atoms with van der Waals surface area (Å²) >= 11 is 6.19. The van der Waals surface area contributed by atoms with Crippen LogP contribution in [0.5, 0.6) is 0 Å². The molecule has 0 N–H and O–H groups in total. The van der Waals surface area contributed by atoms with Crippen molar-refractivity contribution < 1.29 is 0 Å². The standard InChI is InChI=1S/C20H19ClSi/c1-22(2,18-11-4-3-5-12-18)20-14-7-6-13-19(20)16-9-8-10-17(21)15-16/h3-15H,1-2H3. The summed E-state index contributed by atoms with van der Waals surface area (Å²) in [4.78, 5) is 0. The van der Waals surface area contributed by atoms with E-state index >= 15 is 0 Å². The molecule has 0 nitrogen and oxygen atoms in total. The molecule has 0 aliphatic heterocycles. The maximum absolute atomic E-state index is 6.19. The third-order valence-electron chi connectivity index (χ3n) is 4.23. The van der Waals surface area contributed by atoms with E-state index in [-0.39, 0.29) is 0 Å². The molecule has 0 saturated carbocycles. The second kappa shape index (κ2) is 6.11. The summed E-state index contributed by atoms with van der Waals surface area (Å²) in [7, 11) is -1.74. The van der Waals surface area contributed by atoms with Gasteiger partial charge >= 0.3 is 0 Å². The monoisotopic (exact) mass is 322 g/mol. The van der Waals surface area contributed by atoms with Crippen molar-refractivity contribution in [3.05, 3.63) is 83.9 Å². The van der Waals surface area contributed by atoms with Crippen LogP contribution in [-0.4, -0.2) is 8.07 Å². The van der Waals surface area contributed by atoms with E-state index in [0.29, 0.717) is 0 Å². The van der Waals surface area contributed by atoms with Crippen LogP contribution in [-0.2, 0) is 0 Å². The third kappa shape index (κ3) is 2.87. The number of halogens is 1. The fraction of sp³-hybridized carbons (Fsp3) is 0.100. The van der Waals surface area contributed by atoms with Crippen LogP contribution in [0.4, 0.5) is 0 Å². The lowest BCUT2D eigenvalue weighted by molar-refractivity contribution is 1.62. The van der Waals surface area contributed by atoms with Crippen LogP contribution in [0.1, 0.15) is 0 Å². The zero-order valence-electron chi connectivity index (χ0n) is 12.9. The highest BCUT2D eigenvalue weighted by Crippen LogP contribution is 2.23. The quantitative estimate of drug-likeness (QED) is 0.606. The van der Waals surface area contributed by atoms with Gasteiger partial charge in [0.2, 0.25) is 0 Å². The Morgan fingerprint density at radius 2 is 1.41 bits per heavy atom. The summed E-state index contributed by atoms with van der Waals surface area (Å²) in [5.41, 5.74) is 2.49. The summed E-state index contributed by atoms with van der Waals surface area (Å²) in [6.07, 6.45) is 0. The number of benzene rings is 3. The van der Waals surface area contributed by atoms with Crippen LogP contribution in [0.2, 0.25) is 18.1 Å². The predicted octanol–water partition coefficient (Wildman–Crippen LogP) is 4.83. The summed E-state index contributed by atoms with van der Waals surface area (Å²) < 4.78 is 0. The van der Waals surface area contributed by atoms with E-state index < -0.39 is 8.07 Å². The molecule has 0 aliphatic carbocycles. The fourth-order valence-electron chi connectivity index (χ4n) is 2.95. The molecular formula is C20H19ClSi. The molecule has 3 rings (SSSR count). The lowest BCUT2D eigenvalue weighted by atomic mass is 10.1. The Morgan fingerprint density at radius 1 is 0.727 bits per heavy atom. The zero-order valence-corrected chi connectivity index (χ0v) is 14.6. The summed E-state index contributed by atoms with van der Waals surface area (Å²) in [6, 6.07) is 27.7. The highest BCUT2D eigenvalue weighted by atomic mass is 35.5. The predicted molar refractivity (Wildman–Crippen MR) is 100 cm³/mol. The highest BCUT2D eigenvalue weighted by molar-refractivity contribution is 7.01. The van der Waals surface area contributed by atoms with Gasteiger partial charge < -0.3 is 0 Å². The molecule has 0 saturated heterocycles. The second-order valence-electron chi connectivity index (χ2n) is 6.05. The first-order valence-corrected chi connectivity index (χ1v) is 10.9. The molecule has 3 aromatic carbocycles. The van der Waals surface area contributed by atoms with Gasteiger partial charge in [0.1, 0.15) is 8.07 Å². The molecule has 3 aromatic rings. The van der Waals surface area contributed by atoms with Gasteiger partial charge in [-0.3, -0.25) is 0 Å². The van der Waals surface area contributed by atoms with Crippen molar-refractivity contribution in [1.29, 1.82) is 0 Å². The lowest BCUT2D eigenvalue weighted by Crippen LogP contribution is -2.53. The molecule has 0 heterocycles. The van der Waals surface area contributed by atoms with Crippen molar-refractivity contribution in [2.45, 2.75) is 13.1 Å². The number of hydrogen-bond acceptors (Lipinski definition) is 0. The van der Waals surface area contributed by atoms with Gasteiger partial charge in [-0.25, -0.2) is 0 Å². The van der Waals surface area contributed by atoms with Crippen LogP contribution in [0, 0.1) is 0 Å². The Labute approximate surface area is 138 Å². The van der Waals surface area contributed by atoms with Crippen molar-refractivity contribution in [3.63, 3.8) is 0 Å². The highest BCUT2D eigenvalue weighted by Gasteiger charge is 2.28. The van der Waals surface area contributed by atoms with Gasteiger partial charge in [-0.15, -0.1) is 0 Å². The lowest BCUT2D eigenvalue weighted by Gasteiger charge is -2.26. The number of rotatable bonds is 3. The van der Waals surface area contributed by atoms with E-state index in [9.17, 15) is 0 Å². The summed E-state index contributed by atoms with van der Waals surface area (Å²) in [6.45, 7) is 4.82. The molecule has 110 valence electrons. The largest absolute Gasteiger partial charge is 0.113 e. The maximum atomic E-state index is 6.19. The first-order valence-electron chi connectivity index (χ1n) is 7.50. The summed E-state index contributed by atoms with van der Waals surface area (Å²) in [5.74, 6) is 0. The van der Waals surface area contributed by atoms with E-state index in [1.54, 1.807) is 0 Å². The van der Waals surface area contributed by atoms with E-state index in [4.69, 9.17) is 11.6 Å². The SMILES string of the molecule is C[Si](C)(c1ccccc1)c1ccccc1-c1cccc(Cl)c1. The molecule has 0 aromatic heterocycles. The average molecular weight is 323 g/mol.